The molecule has 0 saturated carbocycles. The lowest BCUT2D eigenvalue weighted by molar-refractivity contribution is 0.112. The maximum absolute atomic E-state index is 10.8. The van der Waals surface area contributed by atoms with Gasteiger partial charge in [-0.2, -0.15) is 0 Å². The van der Waals surface area contributed by atoms with Crippen molar-refractivity contribution in [1.82, 2.24) is 4.98 Å². The van der Waals surface area contributed by atoms with Crippen LogP contribution in [0.3, 0.4) is 0 Å². The van der Waals surface area contributed by atoms with Gasteiger partial charge in [-0.15, -0.1) is 0 Å². The lowest BCUT2D eigenvalue weighted by atomic mass is 10.2. The van der Waals surface area contributed by atoms with Gasteiger partial charge in [-0.3, -0.25) is 4.79 Å². The van der Waals surface area contributed by atoms with Crippen molar-refractivity contribution in [3.05, 3.63) is 48.0 Å². The zero-order chi connectivity index (χ0) is 13.9. The van der Waals surface area contributed by atoms with Crippen LogP contribution < -0.4 is 9.47 Å². The number of aromatic nitrogens is 1. The fraction of sp³-hybridized carbons (Fsp3) is 0.0667. The Morgan fingerprint density at radius 2 is 2.05 bits per heavy atom. The maximum Gasteiger partial charge on any atom is 0.279 e. The minimum absolute atomic E-state index is 0.485. The van der Waals surface area contributed by atoms with Crippen LogP contribution in [-0.4, -0.2) is 18.4 Å². The van der Waals surface area contributed by atoms with Gasteiger partial charge < -0.3 is 9.47 Å². The van der Waals surface area contributed by atoms with E-state index in [0.717, 1.165) is 16.5 Å². The van der Waals surface area contributed by atoms with Crippen molar-refractivity contribution >= 4 is 27.8 Å². The summed E-state index contributed by atoms with van der Waals surface area (Å²) in [7, 11) is 1.52. The summed E-state index contributed by atoms with van der Waals surface area (Å²) >= 11 is 1.47. The monoisotopic (exact) mass is 285 g/mol. The fourth-order valence-electron chi connectivity index (χ4n) is 1.85. The first-order valence-corrected chi connectivity index (χ1v) is 6.78. The molecule has 0 N–H and O–H groups in total. The van der Waals surface area contributed by atoms with Crippen molar-refractivity contribution in [3.8, 4) is 16.7 Å². The molecule has 0 bridgehead atoms. The molecule has 5 heteroatoms. The first kappa shape index (κ1) is 12.6. The fourth-order valence-corrected chi connectivity index (χ4v) is 2.68. The number of hydrogen-bond donors (Lipinski definition) is 0. The molecule has 0 radical (unpaired) electrons. The topological polar surface area (TPSA) is 48.4 Å². The molecule has 2 aromatic carbocycles. The number of para-hydroxylation sites is 1. The second kappa shape index (κ2) is 5.30. The molecule has 0 unspecified atom stereocenters. The average Bonchev–Trinajstić information content (AvgIpc) is 2.89. The minimum atomic E-state index is 0.485. The molecule has 0 aliphatic carbocycles. The smallest absolute Gasteiger partial charge is 0.279 e. The molecule has 0 amide bonds. The SMILES string of the molecule is COc1cc(Oc2nc3ccccc3s2)ccc1C=O. The highest BCUT2D eigenvalue weighted by atomic mass is 32.1. The minimum Gasteiger partial charge on any atom is -0.496 e. The summed E-state index contributed by atoms with van der Waals surface area (Å²) in [6.07, 6.45) is 0.750. The quantitative estimate of drug-likeness (QED) is 0.682. The predicted molar refractivity (Wildman–Crippen MR) is 78.1 cm³/mol. The van der Waals surface area contributed by atoms with Crippen LogP contribution in [0.5, 0.6) is 16.7 Å². The van der Waals surface area contributed by atoms with E-state index in [1.165, 1.54) is 18.4 Å². The molecular formula is C15H11NO3S. The lowest BCUT2D eigenvalue weighted by Crippen LogP contribution is -1.91. The van der Waals surface area contributed by atoms with Gasteiger partial charge in [0.25, 0.3) is 5.19 Å². The number of ether oxygens (including phenoxy) is 2. The number of aldehydes is 1. The van der Waals surface area contributed by atoms with Crippen LogP contribution in [0.15, 0.2) is 42.5 Å². The standard InChI is InChI=1S/C15H11NO3S/c1-18-13-8-11(7-6-10(13)9-17)19-15-16-12-4-2-3-5-14(12)20-15/h2-9H,1H3. The largest absolute Gasteiger partial charge is 0.496 e. The number of benzene rings is 2. The highest BCUT2D eigenvalue weighted by Gasteiger charge is 2.08. The summed E-state index contributed by atoms with van der Waals surface area (Å²) < 4.78 is 11.9. The number of nitrogens with zero attached hydrogens (tertiary/aromatic N) is 1. The molecule has 0 fully saturated rings. The predicted octanol–water partition coefficient (Wildman–Crippen LogP) is 3.91. The first-order chi connectivity index (χ1) is 9.80. The third-order valence-electron chi connectivity index (χ3n) is 2.81. The summed E-state index contributed by atoms with van der Waals surface area (Å²) in [6, 6.07) is 12.9. The number of fused-ring (bicyclic) bond motifs is 1. The Kier molecular flexibility index (Phi) is 3.35. The van der Waals surface area contributed by atoms with E-state index in [9.17, 15) is 4.79 Å². The Balaban J connectivity index is 1.92. The summed E-state index contributed by atoms with van der Waals surface area (Å²) in [4.78, 5) is 15.2. The van der Waals surface area contributed by atoms with Crippen LogP contribution in [0.4, 0.5) is 0 Å². The van der Waals surface area contributed by atoms with Crippen LogP contribution >= 0.6 is 11.3 Å². The van der Waals surface area contributed by atoms with Crippen LogP contribution in [-0.2, 0) is 0 Å². The Bertz CT molecular complexity index is 734. The van der Waals surface area contributed by atoms with E-state index in [1.54, 1.807) is 18.2 Å². The summed E-state index contributed by atoms with van der Waals surface area (Å²) in [5, 5.41) is 0.562. The van der Waals surface area contributed by atoms with Gasteiger partial charge in [0.2, 0.25) is 0 Å². The molecule has 3 rings (SSSR count). The van der Waals surface area contributed by atoms with Crippen molar-refractivity contribution in [2.45, 2.75) is 0 Å². The van der Waals surface area contributed by atoms with Gasteiger partial charge in [0.15, 0.2) is 6.29 Å². The Morgan fingerprint density at radius 1 is 1.20 bits per heavy atom. The molecule has 1 heterocycles. The van der Waals surface area contributed by atoms with Gasteiger partial charge in [0, 0.05) is 6.07 Å². The van der Waals surface area contributed by atoms with Crippen LogP contribution in [0.1, 0.15) is 10.4 Å². The maximum atomic E-state index is 10.8. The number of methoxy groups -OCH3 is 1. The van der Waals surface area contributed by atoms with Gasteiger partial charge in [0.05, 0.1) is 22.9 Å². The molecule has 0 spiro atoms. The van der Waals surface area contributed by atoms with Crippen LogP contribution in [0.2, 0.25) is 0 Å². The molecule has 100 valence electrons. The van der Waals surface area contributed by atoms with Crippen molar-refractivity contribution in [2.75, 3.05) is 7.11 Å². The van der Waals surface area contributed by atoms with Crippen molar-refractivity contribution in [3.63, 3.8) is 0 Å². The molecule has 0 atom stereocenters. The zero-order valence-electron chi connectivity index (χ0n) is 10.7. The lowest BCUT2D eigenvalue weighted by Gasteiger charge is -2.06. The number of thiazole rings is 1. The van der Waals surface area contributed by atoms with E-state index in [2.05, 4.69) is 4.98 Å². The molecule has 0 saturated heterocycles. The Labute approximate surface area is 119 Å². The molecule has 1 aromatic heterocycles. The normalized spacial score (nSPS) is 10.4. The van der Waals surface area contributed by atoms with E-state index in [4.69, 9.17) is 9.47 Å². The van der Waals surface area contributed by atoms with E-state index < -0.39 is 0 Å². The summed E-state index contributed by atoms with van der Waals surface area (Å²) in [5.74, 6) is 1.07. The highest BCUT2D eigenvalue weighted by molar-refractivity contribution is 7.20. The van der Waals surface area contributed by atoms with Gasteiger partial charge in [-0.05, 0) is 24.3 Å². The van der Waals surface area contributed by atoms with Crippen molar-refractivity contribution in [2.24, 2.45) is 0 Å². The molecule has 0 aliphatic heterocycles. The van der Waals surface area contributed by atoms with E-state index in [-0.39, 0.29) is 0 Å². The molecule has 4 nitrogen and oxygen atoms in total. The first-order valence-electron chi connectivity index (χ1n) is 5.97. The van der Waals surface area contributed by atoms with Gasteiger partial charge in [-0.25, -0.2) is 4.98 Å². The summed E-state index contributed by atoms with van der Waals surface area (Å²) in [6.45, 7) is 0. The second-order valence-electron chi connectivity index (χ2n) is 4.07. The number of carbonyl (C=O) groups excluding carboxylic acids is 1. The summed E-state index contributed by atoms with van der Waals surface area (Å²) in [5.41, 5.74) is 1.40. The Morgan fingerprint density at radius 3 is 2.80 bits per heavy atom. The third kappa shape index (κ3) is 2.35. The van der Waals surface area contributed by atoms with Gasteiger partial charge in [0.1, 0.15) is 11.5 Å². The van der Waals surface area contributed by atoms with Gasteiger partial charge in [-0.1, -0.05) is 23.5 Å². The van der Waals surface area contributed by atoms with Crippen LogP contribution in [0, 0.1) is 0 Å². The Hall–Kier alpha value is -2.40. The molecule has 0 aliphatic rings. The average molecular weight is 285 g/mol. The number of hydrogen-bond acceptors (Lipinski definition) is 5. The second-order valence-corrected chi connectivity index (χ2v) is 5.06. The molecule has 20 heavy (non-hydrogen) atoms. The van der Waals surface area contributed by atoms with Crippen molar-refractivity contribution in [1.29, 1.82) is 0 Å². The van der Waals surface area contributed by atoms with Crippen LogP contribution in [0.25, 0.3) is 10.2 Å². The highest BCUT2D eigenvalue weighted by Crippen LogP contribution is 2.32. The molecule has 3 aromatic rings. The zero-order valence-corrected chi connectivity index (χ0v) is 11.5. The van der Waals surface area contributed by atoms with E-state index in [0.29, 0.717) is 22.3 Å². The van der Waals surface area contributed by atoms with Gasteiger partial charge >= 0.3 is 0 Å². The number of carbonyl (C=O) groups is 1. The molecular weight excluding hydrogens is 274 g/mol. The van der Waals surface area contributed by atoms with Crippen molar-refractivity contribution < 1.29 is 14.3 Å². The van der Waals surface area contributed by atoms with E-state index >= 15 is 0 Å². The number of rotatable bonds is 4. The van der Waals surface area contributed by atoms with E-state index in [1.807, 2.05) is 24.3 Å². The third-order valence-corrected chi connectivity index (χ3v) is 3.73.